The average molecular weight is 333 g/mol. The van der Waals surface area contributed by atoms with Crippen molar-refractivity contribution in [1.82, 2.24) is 9.97 Å². The van der Waals surface area contributed by atoms with Gasteiger partial charge in [-0.05, 0) is 32.0 Å². The van der Waals surface area contributed by atoms with E-state index in [1.54, 1.807) is 11.3 Å². The second-order valence-corrected chi connectivity index (χ2v) is 6.76. The summed E-state index contributed by atoms with van der Waals surface area (Å²) in [6, 6.07) is 5.72. The lowest BCUT2D eigenvalue weighted by Crippen LogP contribution is -2.14. The van der Waals surface area contributed by atoms with Crippen LogP contribution in [0.2, 0.25) is 0 Å². The standard InChI is InChI=1S/C15H15N3O2S2/c1-3-20-11-4-5-12-13(7-11)22-15(17-12)18-14(19)6-10-8-21-9(2)16-10/h4-5,7-8H,3,6H2,1-2H3,(H,17,18,19). The first-order chi connectivity index (χ1) is 10.6. The van der Waals surface area contributed by atoms with Crippen molar-refractivity contribution in [3.63, 3.8) is 0 Å². The van der Waals surface area contributed by atoms with Crippen molar-refractivity contribution in [3.8, 4) is 5.75 Å². The molecule has 0 unspecified atom stereocenters. The summed E-state index contributed by atoms with van der Waals surface area (Å²) in [5, 5.41) is 6.30. The van der Waals surface area contributed by atoms with Crippen LogP contribution in [0.4, 0.5) is 5.13 Å². The number of rotatable bonds is 5. The third-order valence-corrected chi connectivity index (χ3v) is 4.68. The van der Waals surface area contributed by atoms with Gasteiger partial charge >= 0.3 is 0 Å². The van der Waals surface area contributed by atoms with Crippen LogP contribution in [-0.2, 0) is 11.2 Å². The van der Waals surface area contributed by atoms with E-state index in [9.17, 15) is 4.79 Å². The number of ether oxygens (including phenoxy) is 1. The number of hydrogen-bond donors (Lipinski definition) is 1. The number of nitrogens with zero attached hydrogens (tertiary/aromatic N) is 2. The SMILES string of the molecule is CCOc1ccc2nc(NC(=O)Cc3csc(C)n3)sc2c1. The Morgan fingerprint density at radius 1 is 1.36 bits per heavy atom. The number of fused-ring (bicyclic) bond motifs is 1. The van der Waals surface area contributed by atoms with E-state index in [-0.39, 0.29) is 12.3 Å². The molecular weight excluding hydrogens is 318 g/mol. The topological polar surface area (TPSA) is 64.1 Å². The zero-order chi connectivity index (χ0) is 15.5. The lowest BCUT2D eigenvalue weighted by atomic mass is 10.3. The molecule has 0 aliphatic heterocycles. The molecule has 3 rings (SSSR count). The maximum Gasteiger partial charge on any atom is 0.232 e. The highest BCUT2D eigenvalue weighted by Gasteiger charge is 2.10. The minimum Gasteiger partial charge on any atom is -0.494 e. The van der Waals surface area contributed by atoms with Crippen LogP contribution in [0.15, 0.2) is 23.6 Å². The van der Waals surface area contributed by atoms with Crippen LogP contribution in [-0.4, -0.2) is 22.5 Å². The summed E-state index contributed by atoms with van der Waals surface area (Å²) in [5.41, 5.74) is 1.65. The Labute approximate surface area is 136 Å². The normalized spacial score (nSPS) is 10.8. The van der Waals surface area contributed by atoms with Crippen LogP contribution in [0.5, 0.6) is 5.75 Å². The number of aromatic nitrogens is 2. The third kappa shape index (κ3) is 3.42. The lowest BCUT2D eigenvalue weighted by molar-refractivity contribution is -0.115. The molecule has 1 aromatic carbocycles. The van der Waals surface area contributed by atoms with Crippen LogP contribution in [0.3, 0.4) is 0 Å². The fourth-order valence-electron chi connectivity index (χ4n) is 2.03. The van der Waals surface area contributed by atoms with E-state index in [2.05, 4.69) is 15.3 Å². The van der Waals surface area contributed by atoms with E-state index >= 15 is 0 Å². The van der Waals surface area contributed by atoms with Crippen LogP contribution in [0.1, 0.15) is 17.6 Å². The van der Waals surface area contributed by atoms with Crippen molar-refractivity contribution in [2.75, 3.05) is 11.9 Å². The molecule has 0 aliphatic carbocycles. The van der Waals surface area contributed by atoms with Gasteiger partial charge in [0.25, 0.3) is 0 Å². The summed E-state index contributed by atoms with van der Waals surface area (Å²) in [6.45, 7) is 4.50. The number of anilines is 1. The van der Waals surface area contributed by atoms with Gasteiger partial charge in [-0.25, -0.2) is 9.97 Å². The molecule has 1 N–H and O–H groups in total. The summed E-state index contributed by atoms with van der Waals surface area (Å²) in [7, 11) is 0. The highest BCUT2D eigenvalue weighted by atomic mass is 32.1. The molecule has 0 aliphatic rings. The molecule has 0 atom stereocenters. The summed E-state index contributed by atoms with van der Waals surface area (Å²) >= 11 is 2.99. The Morgan fingerprint density at radius 3 is 2.95 bits per heavy atom. The summed E-state index contributed by atoms with van der Waals surface area (Å²) < 4.78 is 6.46. The quantitative estimate of drug-likeness (QED) is 0.774. The average Bonchev–Trinajstić information content (AvgIpc) is 3.04. The Bertz CT molecular complexity index is 810. The highest BCUT2D eigenvalue weighted by Crippen LogP contribution is 2.29. The smallest absolute Gasteiger partial charge is 0.232 e. The third-order valence-electron chi connectivity index (χ3n) is 2.93. The van der Waals surface area contributed by atoms with Gasteiger partial charge in [-0.3, -0.25) is 4.79 Å². The van der Waals surface area contributed by atoms with Gasteiger partial charge in [0.2, 0.25) is 5.91 Å². The first-order valence-corrected chi connectivity index (χ1v) is 8.58. The molecule has 0 bridgehead atoms. The number of carbonyl (C=O) groups excluding carboxylic acids is 1. The van der Waals surface area contributed by atoms with Crippen LogP contribution >= 0.6 is 22.7 Å². The molecule has 2 heterocycles. The molecule has 0 saturated heterocycles. The minimum atomic E-state index is -0.102. The van der Waals surface area contributed by atoms with Crippen molar-refractivity contribution >= 4 is 43.9 Å². The number of nitrogens with one attached hydrogen (secondary N) is 1. The first kappa shape index (κ1) is 14.9. The molecule has 0 fully saturated rings. The van der Waals surface area contributed by atoms with E-state index < -0.39 is 0 Å². The van der Waals surface area contributed by atoms with Gasteiger partial charge in [-0.2, -0.15) is 0 Å². The van der Waals surface area contributed by atoms with Gasteiger partial charge in [0, 0.05) is 5.38 Å². The van der Waals surface area contributed by atoms with E-state index in [1.165, 1.54) is 11.3 Å². The Morgan fingerprint density at radius 2 is 2.23 bits per heavy atom. The lowest BCUT2D eigenvalue weighted by Gasteiger charge is -2.00. The second-order valence-electron chi connectivity index (χ2n) is 4.66. The van der Waals surface area contributed by atoms with E-state index in [1.807, 2.05) is 37.4 Å². The molecule has 2 aromatic heterocycles. The second kappa shape index (κ2) is 6.41. The van der Waals surface area contributed by atoms with Crippen molar-refractivity contribution in [2.45, 2.75) is 20.3 Å². The maximum atomic E-state index is 12.0. The molecule has 114 valence electrons. The number of benzene rings is 1. The molecule has 0 spiro atoms. The van der Waals surface area contributed by atoms with Gasteiger partial charge in [0.15, 0.2) is 5.13 Å². The van der Waals surface area contributed by atoms with Crippen LogP contribution in [0.25, 0.3) is 10.2 Å². The van der Waals surface area contributed by atoms with E-state index in [0.717, 1.165) is 26.7 Å². The number of carbonyl (C=O) groups is 1. The number of thiazole rings is 2. The Balaban J connectivity index is 1.71. The maximum absolute atomic E-state index is 12.0. The Kier molecular flexibility index (Phi) is 4.35. The molecule has 7 heteroatoms. The predicted octanol–water partition coefficient (Wildman–Crippen LogP) is 3.64. The fraction of sp³-hybridized carbons (Fsp3) is 0.267. The summed E-state index contributed by atoms with van der Waals surface area (Å²) in [5.74, 6) is 0.712. The minimum absolute atomic E-state index is 0.102. The van der Waals surface area contributed by atoms with Crippen molar-refractivity contribution in [1.29, 1.82) is 0 Å². The monoisotopic (exact) mass is 333 g/mol. The van der Waals surface area contributed by atoms with Crippen molar-refractivity contribution in [3.05, 3.63) is 34.3 Å². The van der Waals surface area contributed by atoms with Crippen molar-refractivity contribution < 1.29 is 9.53 Å². The first-order valence-electron chi connectivity index (χ1n) is 6.88. The number of amides is 1. The zero-order valence-corrected chi connectivity index (χ0v) is 13.9. The zero-order valence-electron chi connectivity index (χ0n) is 12.3. The van der Waals surface area contributed by atoms with Gasteiger partial charge in [0.05, 0.1) is 33.9 Å². The highest BCUT2D eigenvalue weighted by molar-refractivity contribution is 7.22. The molecule has 0 saturated carbocycles. The molecule has 0 radical (unpaired) electrons. The summed E-state index contributed by atoms with van der Waals surface area (Å²) in [4.78, 5) is 20.7. The van der Waals surface area contributed by atoms with E-state index in [0.29, 0.717) is 11.7 Å². The van der Waals surface area contributed by atoms with E-state index in [4.69, 9.17) is 4.74 Å². The van der Waals surface area contributed by atoms with Crippen LogP contribution in [0, 0.1) is 6.92 Å². The van der Waals surface area contributed by atoms with Gasteiger partial charge in [0.1, 0.15) is 5.75 Å². The van der Waals surface area contributed by atoms with Crippen molar-refractivity contribution in [2.24, 2.45) is 0 Å². The molecule has 3 aromatic rings. The fourth-order valence-corrected chi connectivity index (χ4v) is 3.56. The molecule has 5 nitrogen and oxygen atoms in total. The Hall–Kier alpha value is -1.99. The number of aryl methyl sites for hydroxylation is 1. The molecule has 22 heavy (non-hydrogen) atoms. The number of hydrogen-bond acceptors (Lipinski definition) is 6. The molecular formula is C15H15N3O2S2. The molecule has 1 amide bonds. The van der Waals surface area contributed by atoms with Crippen LogP contribution < -0.4 is 10.1 Å². The summed E-state index contributed by atoms with van der Waals surface area (Å²) in [6.07, 6.45) is 0.268. The van der Waals surface area contributed by atoms with Gasteiger partial charge in [-0.1, -0.05) is 11.3 Å². The predicted molar refractivity (Wildman–Crippen MR) is 90.0 cm³/mol. The van der Waals surface area contributed by atoms with Gasteiger partial charge in [-0.15, -0.1) is 11.3 Å². The van der Waals surface area contributed by atoms with Gasteiger partial charge < -0.3 is 10.1 Å². The largest absolute Gasteiger partial charge is 0.494 e.